The summed E-state index contributed by atoms with van der Waals surface area (Å²) in [4.78, 5) is 15.4. The lowest BCUT2D eigenvalue weighted by Gasteiger charge is -2.37. The Kier molecular flexibility index (Phi) is 5.77. The Bertz CT molecular complexity index is 537. The molecule has 2 aliphatic rings. The van der Waals surface area contributed by atoms with E-state index in [2.05, 4.69) is 17.1 Å². The minimum atomic E-state index is -0.181. The normalized spacial score (nSPS) is 23.8. The van der Waals surface area contributed by atoms with Crippen LogP contribution in [0.4, 0.5) is 0 Å². The number of hydrogen-bond donors (Lipinski definition) is 1. The Labute approximate surface area is 145 Å². The molecular formula is C20H30N2O2. The van der Waals surface area contributed by atoms with Crippen molar-refractivity contribution in [3.8, 4) is 5.75 Å². The van der Waals surface area contributed by atoms with Gasteiger partial charge in [0.1, 0.15) is 11.8 Å². The Morgan fingerprint density at radius 1 is 1.17 bits per heavy atom. The first-order valence-electron chi connectivity index (χ1n) is 9.35. The number of hydrogen-bond acceptors (Lipinski definition) is 3. The molecule has 0 aromatic heterocycles. The molecule has 0 spiro atoms. The summed E-state index contributed by atoms with van der Waals surface area (Å²) < 4.78 is 5.27. The van der Waals surface area contributed by atoms with E-state index in [1.54, 1.807) is 7.11 Å². The fourth-order valence-corrected chi connectivity index (χ4v) is 4.12. The second kappa shape index (κ2) is 8.02. The van der Waals surface area contributed by atoms with Gasteiger partial charge < -0.3 is 10.1 Å². The molecule has 1 amide bonds. The molecule has 1 aromatic rings. The van der Waals surface area contributed by atoms with E-state index in [9.17, 15) is 4.79 Å². The molecule has 132 valence electrons. The second-order valence-corrected chi connectivity index (χ2v) is 7.41. The minimum Gasteiger partial charge on any atom is -0.497 e. The van der Waals surface area contributed by atoms with Gasteiger partial charge in [-0.1, -0.05) is 31.9 Å². The number of rotatable bonds is 5. The summed E-state index contributed by atoms with van der Waals surface area (Å²) in [5, 5.41) is 3.31. The molecule has 0 bridgehead atoms. The highest BCUT2D eigenvalue weighted by atomic mass is 16.5. The summed E-state index contributed by atoms with van der Waals surface area (Å²) in [6.07, 6.45) is 7.15. The summed E-state index contributed by atoms with van der Waals surface area (Å²) in [7, 11) is 1.67. The van der Waals surface area contributed by atoms with Gasteiger partial charge in [0, 0.05) is 12.6 Å². The first-order chi connectivity index (χ1) is 11.7. The fourth-order valence-electron chi connectivity index (χ4n) is 4.12. The lowest BCUT2D eigenvalue weighted by atomic mass is 9.95. The highest BCUT2D eigenvalue weighted by Crippen LogP contribution is 2.29. The fraction of sp³-hybridized carbons (Fsp3) is 0.650. The van der Waals surface area contributed by atoms with Gasteiger partial charge in [0.15, 0.2) is 0 Å². The summed E-state index contributed by atoms with van der Waals surface area (Å²) >= 11 is 0. The maximum atomic E-state index is 13.1. The Hall–Kier alpha value is -1.55. The Morgan fingerprint density at radius 3 is 2.50 bits per heavy atom. The van der Waals surface area contributed by atoms with Crippen LogP contribution in [-0.2, 0) is 4.79 Å². The van der Waals surface area contributed by atoms with Gasteiger partial charge >= 0.3 is 0 Å². The number of amides is 1. The molecule has 1 N–H and O–H groups in total. The molecule has 3 rings (SSSR count). The minimum absolute atomic E-state index is 0.168. The van der Waals surface area contributed by atoms with Gasteiger partial charge in [0.05, 0.1) is 7.11 Å². The van der Waals surface area contributed by atoms with E-state index in [-0.39, 0.29) is 11.9 Å². The first kappa shape index (κ1) is 17.3. The average Bonchev–Trinajstić information content (AvgIpc) is 3.09. The molecule has 1 saturated carbocycles. The molecule has 4 heteroatoms. The zero-order valence-electron chi connectivity index (χ0n) is 15.0. The molecule has 24 heavy (non-hydrogen) atoms. The maximum absolute atomic E-state index is 13.1. The zero-order valence-corrected chi connectivity index (χ0v) is 15.0. The first-order valence-corrected chi connectivity index (χ1v) is 9.35. The van der Waals surface area contributed by atoms with Gasteiger partial charge in [0.25, 0.3) is 0 Å². The topological polar surface area (TPSA) is 41.6 Å². The quantitative estimate of drug-likeness (QED) is 0.898. The maximum Gasteiger partial charge on any atom is 0.242 e. The lowest BCUT2D eigenvalue weighted by molar-refractivity contribution is -0.128. The highest BCUT2D eigenvalue weighted by molar-refractivity contribution is 5.83. The van der Waals surface area contributed by atoms with Crippen LogP contribution in [-0.4, -0.2) is 37.0 Å². The van der Waals surface area contributed by atoms with Crippen molar-refractivity contribution in [3.63, 3.8) is 0 Å². The molecule has 1 aliphatic carbocycles. The third kappa shape index (κ3) is 4.10. The van der Waals surface area contributed by atoms with Crippen LogP contribution in [0.5, 0.6) is 5.75 Å². The van der Waals surface area contributed by atoms with E-state index in [0.29, 0.717) is 12.0 Å². The van der Waals surface area contributed by atoms with Gasteiger partial charge in [-0.15, -0.1) is 0 Å². The van der Waals surface area contributed by atoms with Crippen LogP contribution in [0.15, 0.2) is 24.3 Å². The van der Waals surface area contributed by atoms with Crippen LogP contribution in [0, 0.1) is 5.92 Å². The number of carbonyl (C=O) groups is 1. The highest BCUT2D eigenvalue weighted by Gasteiger charge is 2.32. The van der Waals surface area contributed by atoms with Crippen molar-refractivity contribution in [1.82, 2.24) is 10.2 Å². The number of piperidine rings is 1. The number of ether oxygens (including phenoxy) is 1. The van der Waals surface area contributed by atoms with E-state index < -0.39 is 0 Å². The second-order valence-electron chi connectivity index (χ2n) is 7.41. The summed E-state index contributed by atoms with van der Waals surface area (Å²) in [5.41, 5.74) is 1.07. The molecule has 1 aliphatic heterocycles. The molecule has 2 atom stereocenters. The predicted octanol–water partition coefficient (Wildman–Crippen LogP) is 3.53. The van der Waals surface area contributed by atoms with Crippen molar-refractivity contribution in [2.75, 3.05) is 20.2 Å². The number of methoxy groups -OCH3 is 1. The van der Waals surface area contributed by atoms with Crippen molar-refractivity contribution in [2.24, 2.45) is 5.92 Å². The number of nitrogens with one attached hydrogen (secondary N) is 1. The molecule has 2 unspecified atom stereocenters. The zero-order chi connectivity index (χ0) is 16.9. The molecule has 1 heterocycles. The average molecular weight is 330 g/mol. The smallest absolute Gasteiger partial charge is 0.242 e. The van der Waals surface area contributed by atoms with E-state index in [0.717, 1.165) is 37.2 Å². The van der Waals surface area contributed by atoms with Crippen molar-refractivity contribution >= 4 is 5.91 Å². The molecular weight excluding hydrogens is 300 g/mol. The van der Waals surface area contributed by atoms with Crippen LogP contribution in [0.3, 0.4) is 0 Å². The van der Waals surface area contributed by atoms with Crippen LogP contribution in [0.1, 0.15) is 57.1 Å². The van der Waals surface area contributed by atoms with E-state index in [1.807, 2.05) is 24.3 Å². The third-order valence-electron chi connectivity index (χ3n) is 5.44. The predicted molar refractivity (Wildman–Crippen MR) is 96.1 cm³/mol. The van der Waals surface area contributed by atoms with Crippen LogP contribution in [0.25, 0.3) is 0 Å². The Morgan fingerprint density at radius 2 is 1.88 bits per heavy atom. The Balaban J connectivity index is 1.79. The number of benzene rings is 1. The lowest BCUT2D eigenvalue weighted by Crippen LogP contribution is -2.46. The SMILES string of the molecule is COc1ccc(C(C(=O)NC2CCCC2)N2CCCC(C)C2)cc1. The van der Waals surface area contributed by atoms with Crippen LogP contribution in [0.2, 0.25) is 0 Å². The van der Waals surface area contributed by atoms with Gasteiger partial charge in [-0.25, -0.2) is 0 Å². The molecule has 4 nitrogen and oxygen atoms in total. The standard InChI is InChI=1S/C20H30N2O2/c1-15-6-5-13-22(14-15)19(16-9-11-18(24-2)12-10-16)20(23)21-17-7-3-4-8-17/h9-12,15,17,19H,3-8,13-14H2,1-2H3,(H,21,23). The number of nitrogens with zero attached hydrogens (tertiary/aromatic N) is 1. The van der Waals surface area contributed by atoms with E-state index in [1.165, 1.54) is 25.7 Å². The third-order valence-corrected chi connectivity index (χ3v) is 5.44. The van der Waals surface area contributed by atoms with Crippen LogP contribution >= 0.6 is 0 Å². The van der Waals surface area contributed by atoms with Gasteiger partial charge in [-0.05, 0) is 55.8 Å². The summed E-state index contributed by atoms with van der Waals surface area (Å²) in [6.45, 7) is 4.28. The van der Waals surface area contributed by atoms with E-state index in [4.69, 9.17) is 4.74 Å². The van der Waals surface area contributed by atoms with E-state index >= 15 is 0 Å². The van der Waals surface area contributed by atoms with Crippen LogP contribution < -0.4 is 10.1 Å². The summed E-state index contributed by atoms with van der Waals surface area (Å²) in [6, 6.07) is 8.17. The van der Waals surface area contributed by atoms with Gasteiger partial charge in [0.2, 0.25) is 5.91 Å². The monoisotopic (exact) mass is 330 g/mol. The number of likely N-dealkylation sites (tertiary alicyclic amines) is 1. The van der Waals surface area contributed by atoms with Gasteiger partial charge in [-0.2, -0.15) is 0 Å². The molecule has 1 saturated heterocycles. The van der Waals surface area contributed by atoms with Crippen molar-refractivity contribution in [2.45, 2.75) is 57.5 Å². The van der Waals surface area contributed by atoms with Gasteiger partial charge in [-0.3, -0.25) is 9.69 Å². The number of carbonyl (C=O) groups excluding carboxylic acids is 1. The summed E-state index contributed by atoms with van der Waals surface area (Å²) in [5.74, 6) is 1.65. The molecule has 1 aromatic carbocycles. The molecule has 0 radical (unpaired) electrons. The van der Waals surface area contributed by atoms with Crippen molar-refractivity contribution in [3.05, 3.63) is 29.8 Å². The molecule has 2 fully saturated rings. The van der Waals surface area contributed by atoms with Crippen molar-refractivity contribution in [1.29, 1.82) is 0 Å². The largest absolute Gasteiger partial charge is 0.497 e. The van der Waals surface area contributed by atoms with Crippen molar-refractivity contribution < 1.29 is 9.53 Å².